The molecule has 1 unspecified atom stereocenters. The second-order valence-corrected chi connectivity index (χ2v) is 11.7. The van der Waals surface area contributed by atoms with E-state index in [1.165, 1.54) is 6.92 Å². The summed E-state index contributed by atoms with van der Waals surface area (Å²) in [6, 6.07) is 18.3. The number of carboxylic acids is 1. The van der Waals surface area contributed by atoms with Gasteiger partial charge in [0.05, 0.1) is 12.3 Å². The lowest BCUT2D eigenvalue weighted by Crippen LogP contribution is -2.45. The third kappa shape index (κ3) is 12.7. The van der Waals surface area contributed by atoms with Crippen molar-refractivity contribution in [2.75, 3.05) is 11.9 Å². The maximum atomic E-state index is 12.8. The van der Waals surface area contributed by atoms with Crippen LogP contribution in [0.5, 0.6) is 11.5 Å². The smallest absolute Gasteiger partial charge is 0.412 e. The molecule has 0 saturated carbocycles. The fourth-order valence-corrected chi connectivity index (χ4v) is 4.37. The first-order chi connectivity index (χ1) is 22.7. The minimum absolute atomic E-state index is 0.00579. The Morgan fingerprint density at radius 3 is 2.02 bits per heavy atom. The molecule has 0 heterocycles. The highest BCUT2D eigenvalue weighted by Gasteiger charge is 2.26. The summed E-state index contributed by atoms with van der Waals surface area (Å²) in [5.41, 5.74) is 1.45. The Labute approximate surface area is 278 Å². The van der Waals surface area contributed by atoms with Gasteiger partial charge in [-0.15, -0.1) is 0 Å². The van der Waals surface area contributed by atoms with Crippen LogP contribution in [0.4, 0.5) is 15.3 Å². The Hall–Kier alpha value is -5.59. The first-order valence-corrected chi connectivity index (χ1v) is 15.3. The van der Waals surface area contributed by atoms with Crippen molar-refractivity contribution in [3.63, 3.8) is 0 Å². The van der Waals surface area contributed by atoms with Gasteiger partial charge >= 0.3 is 24.1 Å². The summed E-state index contributed by atoms with van der Waals surface area (Å²) < 4.78 is 22.0. The summed E-state index contributed by atoms with van der Waals surface area (Å²) >= 11 is 0. The summed E-state index contributed by atoms with van der Waals surface area (Å²) in [6.07, 6.45) is -1.48. The van der Waals surface area contributed by atoms with E-state index in [2.05, 4.69) is 16.0 Å². The molecule has 0 aromatic heterocycles. The van der Waals surface area contributed by atoms with Gasteiger partial charge in [-0.05, 0) is 68.7 Å². The van der Waals surface area contributed by atoms with Crippen LogP contribution in [-0.2, 0) is 48.0 Å². The number of esters is 1. The largest absolute Gasteiger partial charge is 0.480 e. The van der Waals surface area contributed by atoms with Gasteiger partial charge in [0.25, 0.3) is 0 Å². The van der Waals surface area contributed by atoms with Crippen molar-refractivity contribution in [3.05, 3.63) is 89.5 Å². The molecular weight excluding hydrogens is 622 g/mol. The van der Waals surface area contributed by atoms with E-state index in [0.717, 1.165) is 5.56 Å². The number of hydrogen-bond acceptors (Lipinski definition) is 9. The Morgan fingerprint density at radius 1 is 0.771 bits per heavy atom. The molecule has 0 aliphatic heterocycles. The fourth-order valence-electron chi connectivity index (χ4n) is 4.37. The van der Waals surface area contributed by atoms with E-state index in [1.54, 1.807) is 70.2 Å². The molecule has 0 radical (unpaired) electrons. The lowest BCUT2D eigenvalue weighted by Gasteiger charge is -2.23. The van der Waals surface area contributed by atoms with Crippen molar-refractivity contribution in [3.8, 4) is 11.5 Å². The van der Waals surface area contributed by atoms with Crippen LogP contribution in [0.3, 0.4) is 0 Å². The number of aliphatic carboxylic acids is 1. The van der Waals surface area contributed by atoms with Crippen LogP contribution in [0, 0.1) is 0 Å². The molecule has 48 heavy (non-hydrogen) atoms. The summed E-state index contributed by atoms with van der Waals surface area (Å²) in [5, 5.41) is 17.1. The molecule has 13 heteroatoms. The van der Waals surface area contributed by atoms with Gasteiger partial charge in [0.2, 0.25) is 5.91 Å². The molecular formula is C35H41N3O10. The van der Waals surface area contributed by atoms with Crippen LogP contribution in [0.15, 0.2) is 72.8 Å². The van der Waals surface area contributed by atoms with Crippen molar-refractivity contribution in [2.45, 2.75) is 71.8 Å². The predicted octanol–water partition coefficient (Wildman–Crippen LogP) is 5.36. The van der Waals surface area contributed by atoms with E-state index in [-0.39, 0.29) is 37.5 Å². The molecule has 0 aliphatic rings. The molecule has 4 N–H and O–H groups in total. The molecule has 3 aromatic carbocycles. The summed E-state index contributed by atoms with van der Waals surface area (Å²) in [6.45, 7) is 8.13. The topological polar surface area (TPSA) is 179 Å². The van der Waals surface area contributed by atoms with Crippen molar-refractivity contribution in [2.24, 2.45) is 0 Å². The zero-order chi connectivity index (χ0) is 35.3. The predicted molar refractivity (Wildman–Crippen MR) is 176 cm³/mol. The van der Waals surface area contributed by atoms with Crippen LogP contribution in [-0.4, -0.2) is 59.4 Å². The van der Waals surface area contributed by atoms with E-state index < -0.39 is 47.7 Å². The number of carboxylic acid groups (broad SMARTS) is 1. The van der Waals surface area contributed by atoms with Crippen molar-refractivity contribution in [1.82, 2.24) is 10.6 Å². The molecule has 0 spiro atoms. The monoisotopic (exact) mass is 663 g/mol. The first-order valence-electron chi connectivity index (χ1n) is 15.3. The van der Waals surface area contributed by atoms with Crippen LogP contribution in [0.2, 0.25) is 0 Å². The number of amides is 3. The maximum absolute atomic E-state index is 12.8. The van der Waals surface area contributed by atoms with Crippen molar-refractivity contribution >= 4 is 35.7 Å². The first kappa shape index (κ1) is 36.9. The lowest BCUT2D eigenvalue weighted by atomic mass is 10.0. The van der Waals surface area contributed by atoms with E-state index in [1.807, 2.05) is 30.3 Å². The molecule has 0 bridgehead atoms. The number of hydrogen-bond donors (Lipinski definition) is 4. The molecule has 0 fully saturated rings. The SMILES string of the molecule is CCOC(=O)C(Cc1ccc(NC(=O)OCc2ccccc2)c(Oc2ccc(C[C@H](NC(C)=O)C(=O)O)cc2)c1)NC(=O)OC(C)(C)C. The van der Waals surface area contributed by atoms with Gasteiger partial charge in [-0.25, -0.2) is 19.2 Å². The van der Waals surface area contributed by atoms with E-state index >= 15 is 0 Å². The van der Waals surface area contributed by atoms with Gasteiger partial charge in [0.15, 0.2) is 5.75 Å². The Kier molecular flexibility index (Phi) is 13.3. The molecule has 0 saturated heterocycles. The van der Waals surface area contributed by atoms with Crippen LogP contribution < -0.4 is 20.7 Å². The van der Waals surface area contributed by atoms with E-state index in [4.69, 9.17) is 18.9 Å². The highest BCUT2D eigenvalue weighted by molar-refractivity contribution is 5.87. The molecule has 0 aliphatic carbocycles. The molecule has 3 amide bonds. The normalized spacial score (nSPS) is 12.1. The number of nitrogens with one attached hydrogen (secondary N) is 3. The summed E-state index contributed by atoms with van der Waals surface area (Å²) in [7, 11) is 0. The lowest BCUT2D eigenvalue weighted by molar-refractivity contribution is -0.145. The minimum atomic E-state index is -1.17. The Balaban J connectivity index is 1.86. The zero-order valence-corrected chi connectivity index (χ0v) is 27.5. The number of rotatable bonds is 14. The molecule has 3 aromatic rings. The number of benzene rings is 3. The van der Waals surface area contributed by atoms with Gasteiger partial charge in [-0.2, -0.15) is 0 Å². The molecule has 256 valence electrons. The highest BCUT2D eigenvalue weighted by atomic mass is 16.6. The van der Waals surface area contributed by atoms with E-state index in [9.17, 15) is 29.1 Å². The Bertz CT molecular complexity index is 1570. The van der Waals surface area contributed by atoms with Crippen LogP contribution in [0.25, 0.3) is 0 Å². The highest BCUT2D eigenvalue weighted by Crippen LogP contribution is 2.32. The third-order valence-electron chi connectivity index (χ3n) is 6.46. The van der Waals surface area contributed by atoms with Crippen molar-refractivity contribution in [1.29, 1.82) is 0 Å². The number of alkyl carbamates (subject to hydrolysis) is 1. The number of anilines is 1. The number of ether oxygens (including phenoxy) is 4. The standard InChI is InChI=1S/C35H41N3O10/c1-6-45-32(42)29(38-34(44)48-35(3,4)5)19-25-14-17-27(37-33(43)46-21-24-10-8-7-9-11-24)30(20-25)47-26-15-12-23(13-16-26)18-28(31(40)41)36-22(2)39/h7-17,20,28-29H,6,18-19,21H2,1-5H3,(H,36,39)(H,37,43)(H,38,44)(H,40,41)/t28-,29?/m0/s1. The maximum Gasteiger partial charge on any atom is 0.412 e. The molecule has 3 rings (SSSR count). The average molecular weight is 664 g/mol. The minimum Gasteiger partial charge on any atom is -0.480 e. The number of carbonyl (C=O) groups excluding carboxylic acids is 4. The number of carbonyl (C=O) groups is 5. The zero-order valence-electron chi connectivity index (χ0n) is 27.5. The van der Waals surface area contributed by atoms with Crippen LogP contribution in [0.1, 0.15) is 51.3 Å². The van der Waals surface area contributed by atoms with Gasteiger partial charge < -0.3 is 34.7 Å². The quantitative estimate of drug-likeness (QED) is 0.130. The van der Waals surface area contributed by atoms with Gasteiger partial charge in [0.1, 0.15) is 30.0 Å². The van der Waals surface area contributed by atoms with Crippen molar-refractivity contribution < 1.29 is 48.0 Å². The Morgan fingerprint density at radius 2 is 1.42 bits per heavy atom. The van der Waals surface area contributed by atoms with E-state index in [0.29, 0.717) is 16.9 Å². The van der Waals surface area contributed by atoms with Gasteiger partial charge in [0, 0.05) is 19.8 Å². The second kappa shape index (κ2) is 17.4. The second-order valence-electron chi connectivity index (χ2n) is 11.7. The third-order valence-corrected chi connectivity index (χ3v) is 6.46. The van der Waals surface area contributed by atoms with Gasteiger partial charge in [-0.1, -0.05) is 48.5 Å². The van der Waals surface area contributed by atoms with Gasteiger partial charge in [-0.3, -0.25) is 10.1 Å². The summed E-state index contributed by atoms with van der Waals surface area (Å²) in [5.74, 6) is -1.75. The molecule has 13 nitrogen and oxygen atoms in total. The fraction of sp³-hybridized carbons (Fsp3) is 0.343. The summed E-state index contributed by atoms with van der Waals surface area (Å²) in [4.78, 5) is 61.0. The van der Waals surface area contributed by atoms with Crippen LogP contribution >= 0.6 is 0 Å². The average Bonchev–Trinajstić information content (AvgIpc) is 3.01. The molecule has 2 atom stereocenters.